The number of hydrogen-bond acceptors (Lipinski definition) is 2. The summed E-state index contributed by atoms with van der Waals surface area (Å²) in [6.45, 7) is 3.77. The summed E-state index contributed by atoms with van der Waals surface area (Å²) in [6, 6.07) is 18.0. The van der Waals surface area contributed by atoms with E-state index < -0.39 is 0 Å². The Morgan fingerprint density at radius 2 is 1.81 bits per heavy atom. The number of aryl methyl sites for hydroxylation is 1. The van der Waals surface area contributed by atoms with Gasteiger partial charge in [-0.05, 0) is 43.5 Å². The molecule has 1 heterocycles. The Morgan fingerprint density at radius 1 is 1.04 bits per heavy atom. The van der Waals surface area contributed by atoms with Gasteiger partial charge in [0.05, 0.1) is 11.2 Å². The molecule has 5 heteroatoms. The highest BCUT2D eigenvalue weighted by molar-refractivity contribution is 6.01. The molecule has 0 saturated carbocycles. The molecule has 0 aliphatic carbocycles. The fraction of sp³-hybridized carbons (Fsp3) is 0.273. The number of rotatable bonds is 7. The van der Waals surface area contributed by atoms with Crippen LogP contribution in [0.25, 0.3) is 10.9 Å². The molecule has 0 aliphatic heterocycles. The molecule has 2 aromatic carbocycles. The van der Waals surface area contributed by atoms with Gasteiger partial charge >= 0.3 is 0 Å². The number of amides is 2. The maximum atomic E-state index is 12.4. The first-order valence-corrected chi connectivity index (χ1v) is 9.21. The molecule has 1 aromatic heterocycles. The monoisotopic (exact) mass is 363 g/mol. The second-order valence-electron chi connectivity index (χ2n) is 6.86. The van der Waals surface area contributed by atoms with Gasteiger partial charge in [0.2, 0.25) is 11.8 Å². The van der Waals surface area contributed by atoms with Gasteiger partial charge in [0.25, 0.3) is 0 Å². The Kier molecular flexibility index (Phi) is 5.91. The van der Waals surface area contributed by atoms with E-state index in [9.17, 15) is 9.59 Å². The van der Waals surface area contributed by atoms with E-state index >= 15 is 0 Å². The fourth-order valence-corrected chi connectivity index (χ4v) is 3.24. The smallest absolute Gasteiger partial charge is 0.240 e. The molecule has 0 fully saturated rings. The Bertz CT molecular complexity index is 931. The number of fused-ring (bicyclic) bond motifs is 1. The zero-order valence-electron chi connectivity index (χ0n) is 15.7. The molecule has 0 unspecified atom stereocenters. The second kappa shape index (κ2) is 8.54. The van der Waals surface area contributed by atoms with E-state index in [-0.39, 0.29) is 24.4 Å². The van der Waals surface area contributed by atoms with Crippen LogP contribution in [0.5, 0.6) is 0 Å². The number of nitrogens with zero attached hydrogens (tertiary/aromatic N) is 1. The molecule has 3 rings (SSSR count). The summed E-state index contributed by atoms with van der Waals surface area (Å²) in [5.41, 5.74) is 2.96. The number of benzene rings is 2. The van der Waals surface area contributed by atoms with Crippen molar-refractivity contribution in [2.45, 2.75) is 39.3 Å². The summed E-state index contributed by atoms with van der Waals surface area (Å²) >= 11 is 0. The Labute approximate surface area is 159 Å². The van der Waals surface area contributed by atoms with Gasteiger partial charge < -0.3 is 15.2 Å². The molecular weight excluding hydrogens is 338 g/mol. The fourth-order valence-electron chi connectivity index (χ4n) is 3.24. The number of carbonyl (C=O) groups is 2. The lowest BCUT2D eigenvalue weighted by molar-refractivity contribution is -0.122. The first-order valence-electron chi connectivity index (χ1n) is 9.21. The molecule has 0 bridgehead atoms. The van der Waals surface area contributed by atoms with Gasteiger partial charge in [-0.15, -0.1) is 0 Å². The van der Waals surface area contributed by atoms with Crippen LogP contribution in [0, 0.1) is 0 Å². The van der Waals surface area contributed by atoms with Gasteiger partial charge in [0.15, 0.2) is 0 Å². The predicted molar refractivity (Wildman–Crippen MR) is 109 cm³/mol. The third kappa shape index (κ3) is 4.97. The molecule has 0 aliphatic rings. The maximum absolute atomic E-state index is 12.4. The predicted octanol–water partition coefficient (Wildman–Crippen LogP) is 3.74. The highest BCUT2D eigenvalue weighted by Gasteiger charge is 2.11. The van der Waals surface area contributed by atoms with Gasteiger partial charge in [-0.2, -0.15) is 0 Å². The van der Waals surface area contributed by atoms with Crippen LogP contribution in [0.2, 0.25) is 0 Å². The van der Waals surface area contributed by atoms with Crippen molar-refractivity contribution in [1.82, 2.24) is 9.88 Å². The molecular formula is C22H25N3O2. The minimum absolute atomic E-state index is 0.0157. The van der Waals surface area contributed by atoms with Crippen LogP contribution in [0.4, 0.5) is 5.69 Å². The number of aromatic nitrogens is 1. The van der Waals surface area contributed by atoms with Crippen molar-refractivity contribution in [3.8, 4) is 0 Å². The molecule has 5 nitrogen and oxygen atoms in total. The van der Waals surface area contributed by atoms with Crippen LogP contribution in [-0.2, 0) is 22.6 Å². The first-order chi connectivity index (χ1) is 13.0. The van der Waals surface area contributed by atoms with Crippen molar-refractivity contribution in [1.29, 1.82) is 0 Å². The number of carbonyl (C=O) groups excluding carboxylic acids is 2. The minimum Gasteiger partial charge on any atom is -0.352 e. The summed E-state index contributed by atoms with van der Waals surface area (Å²) < 4.78 is 1.90. The molecule has 2 amide bonds. The summed E-state index contributed by atoms with van der Waals surface area (Å²) in [7, 11) is 0. The van der Waals surface area contributed by atoms with E-state index in [1.807, 2.05) is 60.2 Å². The van der Waals surface area contributed by atoms with E-state index in [0.29, 0.717) is 0 Å². The summed E-state index contributed by atoms with van der Waals surface area (Å²) in [5.74, 6) is -0.127. The van der Waals surface area contributed by atoms with Crippen molar-refractivity contribution in [3.63, 3.8) is 0 Å². The normalized spacial score (nSPS) is 11.9. The molecule has 27 heavy (non-hydrogen) atoms. The zero-order chi connectivity index (χ0) is 19.2. The summed E-state index contributed by atoms with van der Waals surface area (Å²) in [5, 5.41) is 6.82. The largest absolute Gasteiger partial charge is 0.352 e. The van der Waals surface area contributed by atoms with Gasteiger partial charge in [-0.1, -0.05) is 36.4 Å². The van der Waals surface area contributed by atoms with Crippen molar-refractivity contribution < 1.29 is 9.59 Å². The lowest BCUT2D eigenvalue weighted by Crippen LogP contribution is -2.35. The average molecular weight is 363 g/mol. The van der Waals surface area contributed by atoms with Gasteiger partial charge in [0.1, 0.15) is 6.54 Å². The SMILES string of the molecule is CC(=O)Nc1cccc2c1ccn2CC(=O)N[C@@H](C)CCc1ccccc1. The number of hydrogen-bond donors (Lipinski definition) is 2. The third-order valence-corrected chi connectivity index (χ3v) is 4.55. The van der Waals surface area contributed by atoms with Crippen LogP contribution in [0.1, 0.15) is 25.8 Å². The van der Waals surface area contributed by atoms with Gasteiger partial charge in [-0.25, -0.2) is 0 Å². The van der Waals surface area contributed by atoms with Crippen molar-refractivity contribution in [2.24, 2.45) is 0 Å². The third-order valence-electron chi connectivity index (χ3n) is 4.55. The van der Waals surface area contributed by atoms with E-state index in [1.165, 1.54) is 12.5 Å². The quantitative estimate of drug-likeness (QED) is 0.672. The molecule has 0 radical (unpaired) electrons. The van der Waals surface area contributed by atoms with E-state index in [2.05, 4.69) is 22.8 Å². The summed E-state index contributed by atoms with van der Waals surface area (Å²) in [4.78, 5) is 23.8. The van der Waals surface area contributed by atoms with Crippen LogP contribution >= 0.6 is 0 Å². The highest BCUT2D eigenvalue weighted by atomic mass is 16.2. The zero-order valence-corrected chi connectivity index (χ0v) is 15.7. The minimum atomic E-state index is -0.111. The van der Waals surface area contributed by atoms with Crippen LogP contribution < -0.4 is 10.6 Å². The van der Waals surface area contributed by atoms with Gasteiger partial charge in [0, 0.05) is 24.5 Å². The topological polar surface area (TPSA) is 63.1 Å². The first kappa shape index (κ1) is 18.7. The number of anilines is 1. The Hall–Kier alpha value is -3.08. The highest BCUT2D eigenvalue weighted by Crippen LogP contribution is 2.24. The average Bonchev–Trinajstić information content (AvgIpc) is 3.04. The molecule has 2 N–H and O–H groups in total. The van der Waals surface area contributed by atoms with E-state index in [0.717, 1.165) is 29.4 Å². The Balaban J connectivity index is 1.60. The van der Waals surface area contributed by atoms with Crippen LogP contribution in [0.3, 0.4) is 0 Å². The Morgan fingerprint density at radius 3 is 2.56 bits per heavy atom. The molecule has 0 saturated heterocycles. The van der Waals surface area contributed by atoms with Gasteiger partial charge in [-0.3, -0.25) is 9.59 Å². The maximum Gasteiger partial charge on any atom is 0.240 e. The molecule has 0 spiro atoms. The molecule has 140 valence electrons. The molecule has 1 atom stereocenters. The molecule has 3 aromatic rings. The number of nitrogens with one attached hydrogen (secondary N) is 2. The lowest BCUT2D eigenvalue weighted by atomic mass is 10.1. The van der Waals surface area contributed by atoms with E-state index in [4.69, 9.17) is 0 Å². The second-order valence-corrected chi connectivity index (χ2v) is 6.86. The van der Waals surface area contributed by atoms with E-state index in [1.54, 1.807) is 0 Å². The van der Waals surface area contributed by atoms with Crippen LogP contribution in [0.15, 0.2) is 60.8 Å². The van der Waals surface area contributed by atoms with Crippen LogP contribution in [-0.4, -0.2) is 22.4 Å². The standard InChI is InChI=1S/C22H25N3O2/c1-16(11-12-18-7-4-3-5-8-18)23-22(27)15-25-14-13-19-20(24-17(2)26)9-6-10-21(19)25/h3-10,13-14,16H,11-12,15H2,1-2H3,(H,23,27)(H,24,26)/t16-/m0/s1. The van der Waals surface area contributed by atoms with Crippen molar-refractivity contribution in [2.75, 3.05) is 5.32 Å². The summed E-state index contributed by atoms with van der Waals surface area (Å²) in [6.07, 6.45) is 3.72. The van der Waals surface area contributed by atoms with Crippen molar-refractivity contribution in [3.05, 3.63) is 66.4 Å². The lowest BCUT2D eigenvalue weighted by Gasteiger charge is -2.15. The van der Waals surface area contributed by atoms with Crippen molar-refractivity contribution >= 4 is 28.4 Å².